The van der Waals surface area contributed by atoms with Gasteiger partial charge in [0, 0.05) is 12.0 Å². The van der Waals surface area contributed by atoms with Crippen molar-refractivity contribution in [2.45, 2.75) is 49.6 Å². The number of fused-ring (bicyclic) bond motifs is 3. The van der Waals surface area contributed by atoms with Gasteiger partial charge in [-0.2, -0.15) is 11.8 Å². The van der Waals surface area contributed by atoms with Crippen molar-refractivity contribution < 1.29 is 24.2 Å². The molecule has 2 amide bonds. The van der Waals surface area contributed by atoms with Crippen LogP contribution in [-0.4, -0.2) is 64.2 Å². The van der Waals surface area contributed by atoms with E-state index in [4.69, 9.17) is 4.74 Å². The van der Waals surface area contributed by atoms with E-state index < -0.39 is 17.6 Å². The fraction of sp³-hybridized carbons (Fsp3) is 0.444. The maximum Gasteiger partial charge on any atom is 0.407 e. The summed E-state index contributed by atoms with van der Waals surface area (Å²) in [6, 6.07) is 16.4. The standard InChI is InChI=1S/C27H30N2O5S/c30-24(29(16-25(31)32)18-9-10-18)15-27(11-13-35-14-12-27)28-26(33)34-17-23-21-7-3-1-5-19(21)20-6-2-4-8-22(20)23/h1-8,18,23H,9-17H2,(H,28,33)(H,31,32). The number of hydrogen-bond donors (Lipinski definition) is 2. The van der Waals surface area contributed by atoms with Crippen molar-refractivity contribution in [2.75, 3.05) is 24.7 Å². The van der Waals surface area contributed by atoms with Crippen LogP contribution < -0.4 is 5.32 Å². The van der Waals surface area contributed by atoms with Gasteiger partial charge in [0.05, 0.1) is 12.0 Å². The molecule has 0 unspecified atom stereocenters. The number of alkyl carbamates (subject to hydrolysis) is 1. The van der Waals surface area contributed by atoms with E-state index in [2.05, 4.69) is 29.6 Å². The summed E-state index contributed by atoms with van der Waals surface area (Å²) in [4.78, 5) is 38.9. The minimum Gasteiger partial charge on any atom is -0.480 e. The molecule has 0 atom stereocenters. The van der Waals surface area contributed by atoms with Gasteiger partial charge in [-0.05, 0) is 59.4 Å². The van der Waals surface area contributed by atoms with Crippen LogP contribution in [0.2, 0.25) is 0 Å². The number of carbonyl (C=O) groups excluding carboxylic acids is 2. The van der Waals surface area contributed by atoms with E-state index in [9.17, 15) is 19.5 Å². The van der Waals surface area contributed by atoms with E-state index in [0.29, 0.717) is 12.8 Å². The fourth-order valence-corrected chi connectivity index (χ4v) is 6.58. The number of ether oxygens (including phenoxy) is 1. The summed E-state index contributed by atoms with van der Waals surface area (Å²) < 4.78 is 5.76. The highest BCUT2D eigenvalue weighted by Gasteiger charge is 2.41. The molecule has 2 aromatic rings. The van der Waals surface area contributed by atoms with Gasteiger partial charge >= 0.3 is 12.1 Å². The third-order valence-electron chi connectivity index (χ3n) is 7.26. The molecule has 35 heavy (non-hydrogen) atoms. The van der Waals surface area contributed by atoms with Gasteiger partial charge in [-0.3, -0.25) is 9.59 Å². The van der Waals surface area contributed by atoms with Crippen molar-refractivity contribution in [2.24, 2.45) is 0 Å². The zero-order chi connectivity index (χ0) is 24.4. The topological polar surface area (TPSA) is 95.9 Å². The molecule has 0 aromatic heterocycles. The van der Waals surface area contributed by atoms with Gasteiger partial charge in [-0.25, -0.2) is 4.79 Å². The molecule has 5 rings (SSSR count). The van der Waals surface area contributed by atoms with Crippen LogP contribution in [-0.2, 0) is 14.3 Å². The van der Waals surface area contributed by atoms with Crippen molar-refractivity contribution >= 4 is 29.7 Å². The largest absolute Gasteiger partial charge is 0.480 e. The Kier molecular flexibility index (Phi) is 6.73. The summed E-state index contributed by atoms with van der Waals surface area (Å²) in [7, 11) is 0. The zero-order valence-electron chi connectivity index (χ0n) is 19.6. The van der Waals surface area contributed by atoms with Crippen molar-refractivity contribution in [3.63, 3.8) is 0 Å². The summed E-state index contributed by atoms with van der Waals surface area (Å²) in [6.07, 6.45) is 2.55. The number of aliphatic carboxylic acids is 1. The van der Waals surface area contributed by atoms with Crippen molar-refractivity contribution in [1.29, 1.82) is 0 Å². The first-order chi connectivity index (χ1) is 17.0. The third-order valence-corrected chi connectivity index (χ3v) is 8.25. The molecule has 1 saturated carbocycles. The maximum atomic E-state index is 13.1. The van der Waals surface area contributed by atoms with E-state index in [0.717, 1.165) is 35.5 Å². The first kappa shape index (κ1) is 23.7. The second-order valence-corrected chi connectivity index (χ2v) is 10.9. The smallest absolute Gasteiger partial charge is 0.407 e. The maximum absolute atomic E-state index is 13.1. The number of nitrogens with zero attached hydrogens (tertiary/aromatic N) is 1. The number of benzene rings is 2. The molecule has 2 fully saturated rings. The zero-order valence-corrected chi connectivity index (χ0v) is 20.4. The first-order valence-corrected chi connectivity index (χ1v) is 13.3. The number of thioether (sulfide) groups is 1. The van der Waals surface area contributed by atoms with Crippen LogP contribution in [0.4, 0.5) is 4.79 Å². The van der Waals surface area contributed by atoms with E-state index >= 15 is 0 Å². The monoisotopic (exact) mass is 494 g/mol. The molecule has 3 aliphatic rings. The molecule has 8 heteroatoms. The Bertz CT molecular complexity index is 1080. The Balaban J connectivity index is 1.27. The molecule has 1 saturated heterocycles. The van der Waals surface area contributed by atoms with Gasteiger partial charge in [0.2, 0.25) is 5.91 Å². The number of amides is 2. The highest BCUT2D eigenvalue weighted by atomic mass is 32.2. The molecular weight excluding hydrogens is 464 g/mol. The summed E-state index contributed by atoms with van der Waals surface area (Å²) in [5.74, 6) is 0.413. The van der Waals surface area contributed by atoms with Crippen molar-refractivity contribution in [1.82, 2.24) is 10.2 Å². The van der Waals surface area contributed by atoms with Gasteiger partial charge < -0.3 is 20.1 Å². The predicted molar refractivity (Wildman–Crippen MR) is 134 cm³/mol. The SMILES string of the molecule is O=C(O)CN(C(=O)CC1(NC(=O)OCC2c3ccccc3-c3ccccc32)CCSCC1)C1CC1. The summed E-state index contributed by atoms with van der Waals surface area (Å²) in [5.41, 5.74) is 3.92. The molecule has 7 nitrogen and oxygen atoms in total. The Morgan fingerprint density at radius 2 is 1.60 bits per heavy atom. The number of hydrogen-bond acceptors (Lipinski definition) is 5. The van der Waals surface area contributed by atoms with Crippen LogP contribution in [0.5, 0.6) is 0 Å². The molecule has 2 N–H and O–H groups in total. The van der Waals surface area contributed by atoms with Crippen molar-refractivity contribution in [3.8, 4) is 11.1 Å². The predicted octanol–water partition coefficient (Wildman–Crippen LogP) is 4.26. The molecule has 0 spiro atoms. The van der Waals surface area contributed by atoms with Crippen LogP contribution in [0, 0.1) is 0 Å². The van der Waals surface area contributed by atoms with Gasteiger partial charge in [0.25, 0.3) is 0 Å². The summed E-state index contributed by atoms with van der Waals surface area (Å²) in [5, 5.41) is 12.3. The molecule has 1 aliphatic heterocycles. The number of carboxylic acid groups (broad SMARTS) is 1. The van der Waals surface area contributed by atoms with Crippen LogP contribution in [0.25, 0.3) is 11.1 Å². The highest BCUT2D eigenvalue weighted by molar-refractivity contribution is 7.99. The van der Waals surface area contributed by atoms with Crippen LogP contribution >= 0.6 is 11.8 Å². The molecular formula is C27H30N2O5S. The van der Waals surface area contributed by atoms with Crippen molar-refractivity contribution in [3.05, 3.63) is 59.7 Å². The average molecular weight is 495 g/mol. The van der Waals surface area contributed by atoms with E-state index in [1.165, 1.54) is 16.0 Å². The lowest BCUT2D eigenvalue weighted by molar-refractivity contribution is -0.145. The van der Waals surface area contributed by atoms with E-state index in [1.54, 1.807) is 11.8 Å². The Morgan fingerprint density at radius 1 is 1.00 bits per heavy atom. The minimum absolute atomic E-state index is 0.00284. The minimum atomic E-state index is -1.01. The van der Waals surface area contributed by atoms with E-state index in [1.807, 2.05) is 24.3 Å². The molecule has 184 valence electrons. The number of nitrogens with one attached hydrogen (secondary N) is 1. The number of rotatable bonds is 8. The Hall–Kier alpha value is -3.00. The van der Waals surface area contributed by atoms with Crippen LogP contribution in [0.15, 0.2) is 48.5 Å². The second-order valence-electron chi connectivity index (χ2n) is 9.67. The van der Waals surface area contributed by atoms with Gasteiger partial charge in [0.1, 0.15) is 13.2 Å². The van der Waals surface area contributed by atoms with Gasteiger partial charge in [0.15, 0.2) is 0 Å². The molecule has 0 radical (unpaired) electrons. The first-order valence-electron chi connectivity index (χ1n) is 12.2. The quantitative estimate of drug-likeness (QED) is 0.569. The molecule has 2 aliphatic carbocycles. The molecule has 1 heterocycles. The summed E-state index contributed by atoms with van der Waals surface area (Å²) in [6.45, 7) is -0.0782. The normalized spacial score (nSPS) is 18.3. The molecule has 2 aromatic carbocycles. The van der Waals surface area contributed by atoms with E-state index in [-0.39, 0.29) is 37.4 Å². The number of carbonyl (C=O) groups is 3. The average Bonchev–Trinajstić information content (AvgIpc) is 3.64. The lowest BCUT2D eigenvalue weighted by Crippen LogP contribution is -2.54. The van der Waals surface area contributed by atoms with Gasteiger partial charge in [-0.15, -0.1) is 0 Å². The number of carboxylic acids is 1. The second kappa shape index (κ2) is 9.93. The molecule has 0 bridgehead atoms. The Morgan fingerprint density at radius 3 is 2.17 bits per heavy atom. The van der Waals surface area contributed by atoms with Crippen LogP contribution in [0.1, 0.15) is 49.1 Å². The third kappa shape index (κ3) is 5.17. The van der Waals surface area contributed by atoms with Crippen LogP contribution in [0.3, 0.4) is 0 Å². The lowest BCUT2D eigenvalue weighted by atomic mass is 9.88. The fourth-order valence-electron chi connectivity index (χ4n) is 5.30. The highest BCUT2D eigenvalue weighted by Crippen LogP contribution is 2.44. The van der Waals surface area contributed by atoms with Gasteiger partial charge in [-0.1, -0.05) is 48.5 Å². The lowest BCUT2D eigenvalue weighted by Gasteiger charge is -2.38. The summed E-state index contributed by atoms with van der Waals surface area (Å²) >= 11 is 1.80. The Labute approximate surface area is 209 Å².